The molecule has 0 fully saturated rings. The summed E-state index contributed by atoms with van der Waals surface area (Å²) in [6.07, 6.45) is 0.102. The Balaban J connectivity index is 3.92. The molecule has 0 rings (SSSR count). The van der Waals surface area contributed by atoms with Gasteiger partial charge in [-0.2, -0.15) is 0 Å². The average Bonchev–Trinajstić information content (AvgIpc) is 1.73. The van der Waals surface area contributed by atoms with Crippen molar-refractivity contribution >= 4 is 0 Å². The van der Waals surface area contributed by atoms with Crippen molar-refractivity contribution in [3.63, 3.8) is 0 Å². The number of rotatable bonds is 4. The molecule has 0 aliphatic carbocycles. The molecule has 92 valence electrons. The third-order valence-electron chi connectivity index (χ3n) is 1.68. The number of ether oxygens (including phenoxy) is 1. The van der Waals surface area contributed by atoms with Crippen molar-refractivity contribution in [2.75, 3.05) is 0 Å². The van der Waals surface area contributed by atoms with Gasteiger partial charge in [-0.3, -0.25) is 10.6 Å². The maximum atomic E-state index is 5.78. The Hall–Kier alpha value is -0.120. The predicted octanol–water partition coefficient (Wildman–Crippen LogP) is 2.47. The summed E-state index contributed by atoms with van der Waals surface area (Å²) >= 11 is 0. The van der Waals surface area contributed by atoms with Crippen molar-refractivity contribution in [3.8, 4) is 0 Å². The quantitative estimate of drug-likeness (QED) is 0.708. The predicted molar refractivity (Wildman–Crippen MR) is 65.8 cm³/mol. The van der Waals surface area contributed by atoms with E-state index in [0.717, 1.165) is 0 Å². The van der Waals surface area contributed by atoms with Crippen LogP contribution in [0.5, 0.6) is 0 Å². The second-order valence-electron chi connectivity index (χ2n) is 6.21. The summed E-state index contributed by atoms with van der Waals surface area (Å²) in [6.45, 7) is 16.9. The van der Waals surface area contributed by atoms with Crippen LogP contribution < -0.4 is 10.6 Å². The zero-order chi connectivity index (χ0) is 12.3. The molecule has 0 aliphatic heterocycles. The molecule has 2 N–H and O–H groups in total. The van der Waals surface area contributed by atoms with E-state index < -0.39 is 0 Å². The molecule has 0 bridgehead atoms. The zero-order valence-electron chi connectivity index (χ0n) is 11.6. The fraction of sp³-hybridized carbons (Fsp3) is 1.00. The minimum absolute atomic E-state index is 0.0508. The summed E-state index contributed by atoms with van der Waals surface area (Å²) in [5, 5.41) is 6.75. The molecule has 0 aromatic carbocycles. The van der Waals surface area contributed by atoms with E-state index in [4.69, 9.17) is 4.74 Å². The molecule has 15 heavy (non-hydrogen) atoms. The van der Waals surface area contributed by atoms with Gasteiger partial charge in [0.1, 0.15) is 12.5 Å². The molecular formula is C12H28N2O. The van der Waals surface area contributed by atoms with Crippen LogP contribution in [0.25, 0.3) is 0 Å². The molecule has 0 saturated heterocycles. The van der Waals surface area contributed by atoms with Gasteiger partial charge in [-0.1, -0.05) is 0 Å². The Morgan fingerprint density at radius 1 is 0.733 bits per heavy atom. The molecule has 0 aromatic heterocycles. The Bertz CT molecular complexity index is 159. The highest BCUT2D eigenvalue weighted by Gasteiger charge is 2.18. The largest absolute Gasteiger partial charge is 0.346 e. The first-order valence-electron chi connectivity index (χ1n) is 5.70. The molecule has 0 spiro atoms. The second-order valence-corrected chi connectivity index (χ2v) is 6.21. The molecule has 0 heterocycles. The monoisotopic (exact) mass is 216 g/mol. The molecule has 3 heteroatoms. The molecule has 0 amide bonds. The van der Waals surface area contributed by atoms with Gasteiger partial charge >= 0.3 is 0 Å². The summed E-state index contributed by atoms with van der Waals surface area (Å²) in [6, 6.07) is 0. The number of nitrogens with one attached hydrogen (secondary N) is 2. The van der Waals surface area contributed by atoms with Crippen LogP contribution in [0.2, 0.25) is 0 Å². The van der Waals surface area contributed by atoms with Crippen LogP contribution in [0.4, 0.5) is 0 Å². The summed E-state index contributed by atoms with van der Waals surface area (Å²) in [5.74, 6) is 0. The molecule has 2 atom stereocenters. The SMILES string of the molecule is CC(NC(C)(C)C)OC(C)NC(C)(C)C. The zero-order valence-corrected chi connectivity index (χ0v) is 11.6. The van der Waals surface area contributed by atoms with Gasteiger partial charge in [-0.15, -0.1) is 0 Å². The van der Waals surface area contributed by atoms with E-state index in [9.17, 15) is 0 Å². The Labute approximate surface area is 95.0 Å². The Kier molecular flexibility index (Phi) is 5.24. The molecule has 3 nitrogen and oxygen atoms in total. The number of hydrogen-bond acceptors (Lipinski definition) is 3. The Morgan fingerprint density at radius 3 is 1.20 bits per heavy atom. The summed E-state index contributed by atoms with van der Waals surface area (Å²) in [5.41, 5.74) is 0.168. The van der Waals surface area contributed by atoms with Crippen LogP contribution in [0.3, 0.4) is 0 Å². The standard InChI is InChI=1S/C12H28N2O/c1-9(13-11(3,4)5)15-10(2)14-12(6,7)8/h9-10,13-14H,1-8H3. The van der Waals surface area contributed by atoms with Crippen LogP contribution in [0.1, 0.15) is 55.4 Å². The summed E-state index contributed by atoms with van der Waals surface area (Å²) < 4.78 is 5.78. The molecular weight excluding hydrogens is 188 g/mol. The van der Waals surface area contributed by atoms with Gasteiger partial charge in [0.2, 0.25) is 0 Å². The van der Waals surface area contributed by atoms with E-state index in [1.165, 1.54) is 0 Å². The fourth-order valence-electron chi connectivity index (χ4n) is 1.59. The molecule has 0 radical (unpaired) electrons. The lowest BCUT2D eigenvalue weighted by Crippen LogP contribution is -2.49. The van der Waals surface area contributed by atoms with Crippen molar-refractivity contribution < 1.29 is 4.74 Å². The van der Waals surface area contributed by atoms with Crippen LogP contribution >= 0.6 is 0 Å². The fourth-order valence-corrected chi connectivity index (χ4v) is 1.59. The highest BCUT2D eigenvalue weighted by molar-refractivity contribution is 4.74. The number of hydrogen-bond donors (Lipinski definition) is 2. The van der Waals surface area contributed by atoms with Gasteiger partial charge in [0.05, 0.1) is 0 Å². The highest BCUT2D eigenvalue weighted by atomic mass is 16.5. The second kappa shape index (κ2) is 5.28. The lowest BCUT2D eigenvalue weighted by molar-refractivity contribution is -0.0478. The van der Waals surface area contributed by atoms with E-state index >= 15 is 0 Å². The summed E-state index contributed by atoms with van der Waals surface area (Å²) in [7, 11) is 0. The van der Waals surface area contributed by atoms with E-state index in [0.29, 0.717) is 0 Å². The molecule has 0 saturated carbocycles. The van der Waals surface area contributed by atoms with Crippen LogP contribution in [-0.2, 0) is 4.74 Å². The normalized spacial score (nSPS) is 17.6. The third-order valence-corrected chi connectivity index (χ3v) is 1.68. The smallest absolute Gasteiger partial charge is 0.107 e. The Morgan fingerprint density at radius 2 is 1.00 bits per heavy atom. The van der Waals surface area contributed by atoms with Gasteiger partial charge in [0.15, 0.2) is 0 Å². The average molecular weight is 216 g/mol. The van der Waals surface area contributed by atoms with Gasteiger partial charge in [-0.05, 0) is 55.4 Å². The van der Waals surface area contributed by atoms with Crippen LogP contribution in [0, 0.1) is 0 Å². The van der Waals surface area contributed by atoms with Crippen molar-refractivity contribution in [1.29, 1.82) is 0 Å². The summed E-state index contributed by atoms with van der Waals surface area (Å²) in [4.78, 5) is 0. The van der Waals surface area contributed by atoms with Crippen molar-refractivity contribution in [3.05, 3.63) is 0 Å². The highest BCUT2D eigenvalue weighted by Crippen LogP contribution is 2.06. The first kappa shape index (κ1) is 14.9. The molecule has 0 aliphatic rings. The van der Waals surface area contributed by atoms with Gasteiger partial charge in [0.25, 0.3) is 0 Å². The van der Waals surface area contributed by atoms with Crippen LogP contribution in [0.15, 0.2) is 0 Å². The first-order chi connectivity index (χ1) is 6.49. The van der Waals surface area contributed by atoms with Crippen molar-refractivity contribution in [2.45, 2.75) is 78.9 Å². The van der Waals surface area contributed by atoms with Crippen molar-refractivity contribution in [2.24, 2.45) is 0 Å². The van der Waals surface area contributed by atoms with E-state index in [1.54, 1.807) is 0 Å². The maximum Gasteiger partial charge on any atom is 0.107 e. The van der Waals surface area contributed by atoms with E-state index in [-0.39, 0.29) is 23.5 Å². The van der Waals surface area contributed by atoms with E-state index in [2.05, 4.69) is 52.2 Å². The van der Waals surface area contributed by atoms with E-state index in [1.807, 2.05) is 13.8 Å². The van der Waals surface area contributed by atoms with Crippen molar-refractivity contribution in [1.82, 2.24) is 10.6 Å². The topological polar surface area (TPSA) is 33.3 Å². The third kappa shape index (κ3) is 10.2. The van der Waals surface area contributed by atoms with Gasteiger partial charge < -0.3 is 4.74 Å². The van der Waals surface area contributed by atoms with Gasteiger partial charge in [0, 0.05) is 11.1 Å². The van der Waals surface area contributed by atoms with Crippen LogP contribution in [-0.4, -0.2) is 23.5 Å². The lowest BCUT2D eigenvalue weighted by Gasteiger charge is -2.31. The lowest BCUT2D eigenvalue weighted by atomic mass is 10.1. The first-order valence-corrected chi connectivity index (χ1v) is 5.70. The molecule has 0 aromatic rings. The minimum Gasteiger partial charge on any atom is -0.346 e. The maximum absolute atomic E-state index is 5.78. The van der Waals surface area contributed by atoms with Gasteiger partial charge in [-0.25, -0.2) is 0 Å². The minimum atomic E-state index is 0.0508. The molecule has 2 unspecified atom stereocenters.